The fourth-order valence-corrected chi connectivity index (χ4v) is 2.07. The second-order valence-electron chi connectivity index (χ2n) is 3.26. The Morgan fingerprint density at radius 3 is 2.75 bits per heavy atom. The van der Waals surface area contributed by atoms with Gasteiger partial charge < -0.3 is 15.0 Å². The summed E-state index contributed by atoms with van der Waals surface area (Å²) in [6.45, 7) is 0. The zero-order valence-corrected chi connectivity index (χ0v) is 9.98. The van der Waals surface area contributed by atoms with E-state index in [0.29, 0.717) is 28.4 Å². The molecule has 86 valence electrons. The van der Waals surface area contributed by atoms with Crippen LogP contribution in [0.25, 0.3) is 0 Å². The number of carbonyl (C=O) groups is 2. The normalized spacial score (nSPS) is 12.1. The topological polar surface area (TPSA) is 74.6 Å². The minimum atomic E-state index is -1.57. The number of hydrogen-bond acceptors (Lipinski definition) is 3. The Bertz CT molecular complexity index is 403. The molecule has 0 radical (unpaired) electrons. The molecule has 0 heterocycles. The van der Waals surface area contributed by atoms with Gasteiger partial charge in [0, 0.05) is 16.5 Å². The van der Waals surface area contributed by atoms with E-state index in [4.69, 9.17) is 5.11 Å². The van der Waals surface area contributed by atoms with Crippen LogP contribution in [0.15, 0.2) is 22.7 Å². The second-order valence-corrected chi connectivity index (χ2v) is 4.11. The van der Waals surface area contributed by atoms with Crippen molar-refractivity contribution in [1.29, 1.82) is 0 Å². The Kier molecular flexibility index (Phi) is 4.64. The molecule has 0 bridgehead atoms. The molecular weight excluding hydrogens is 276 g/mol. The first-order valence-electron chi connectivity index (χ1n) is 4.69. The van der Waals surface area contributed by atoms with E-state index in [2.05, 4.69) is 15.9 Å². The summed E-state index contributed by atoms with van der Waals surface area (Å²) in [6, 6.07) is 5.10. The van der Waals surface area contributed by atoms with Gasteiger partial charge in [-0.25, -0.2) is 4.79 Å². The van der Waals surface area contributed by atoms with Gasteiger partial charge in [0.05, 0.1) is 0 Å². The second kappa shape index (κ2) is 5.77. The predicted octanol–water partition coefficient (Wildman–Crippen LogP) is 1.70. The van der Waals surface area contributed by atoms with Crippen LogP contribution < -0.4 is 0 Å². The number of carboxylic acids is 1. The number of hydrogen-bond donors (Lipinski definition) is 2. The SMILES string of the molecule is O=CCCc1cccc(Br)c1C(O)C(=O)O. The van der Waals surface area contributed by atoms with Crippen LogP contribution >= 0.6 is 15.9 Å². The van der Waals surface area contributed by atoms with E-state index in [0.717, 1.165) is 6.29 Å². The van der Waals surface area contributed by atoms with Gasteiger partial charge in [-0.2, -0.15) is 0 Å². The Balaban J connectivity index is 3.12. The molecule has 1 atom stereocenters. The van der Waals surface area contributed by atoms with Gasteiger partial charge in [0.25, 0.3) is 0 Å². The molecule has 0 amide bonds. The highest BCUT2D eigenvalue weighted by Crippen LogP contribution is 2.28. The third-order valence-electron chi connectivity index (χ3n) is 2.18. The number of aryl methyl sites for hydroxylation is 1. The Hall–Kier alpha value is -1.20. The van der Waals surface area contributed by atoms with Crippen LogP contribution in [0.4, 0.5) is 0 Å². The van der Waals surface area contributed by atoms with Crippen molar-refractivity contribution in [2.75, 3.05) is 0 Å². The minimum Gasteiger partial charge on any atom is -0.479 e. The lowest BCUT2D eigenvalue weighted by Gasteiger charge is -2.13. The lowest BCUT2D eigenvalue weighted by molar-refractivity contribution is -0.147. The maximum absolute atomic E-state index is 10.7. The van der Waals surface area contributed by atoms with Crippen molar-refractivity contribution in [1.82, 2.24) is 0 Å². The lowest BCUT2D eigenvalue weighted by Crippen LogP contribution is -2.13. The zero-order chi connectivity index (χ0) is 12.1. The molecule has 0 aliphatic heterocycles. The molecule has 5 heteroatoms. The van der Waals surface area contributed by atoms with Gasteiger partial charge in [-0.3, -0.25) is 0 Å². The zero-order valence-electron chi connectivity index (χ0n) is 8.39. The van der Waals surface area contributed by atoms with Crippen molar-refractivity contribution >= 4 is 28.2 Å². The highest BCUT2D eigenvalue weighted by molar-refractivity contribution is 9.10. The van der Waals surface area contributed by atoms with Crippen LogP contribution in [0.2, 0.25) is 0 Å². The van der Waals surface area contributed by atoms with Crippen LogP contribution in [0.1, 0.15) is 23.7 Å². The maximum Gasteiger partial charge on any atom is 0.337 e. The van der Waals surface area contributed by atoms with E-state index >= 15 is 0 Å². The van der Waals surface area contributed by atoms with Gasteiger partial charge in [0.2, 0.25) is 0 Å². The number of rotatable bonds is 5. The molecule has 1 unspecified atom stereocenters. The smallest absolute Gasteiger partial charge is 0.337 e. The van der Waals surface area contributed by atoms with Gasteiger partial charge in [-0.1, -0.05) is 28.1 Å². The van der Waals surface area contributed by atoms with Gasteiger partial charge in [0.1, 0.15) is 6.29 Å². The van der Waals surface area contributed by atoms with Crippen LogP contribution in [0.5, 0.6) is 0 Å². The predicted molar refractivity (Wildman–Crippen MR) is 61.1 cm³/mol. The summed E-state index contributed by atoms with van der Waals surface area (Å²) in [5, 5.41) is 18.3. The molecule has 0 aliphatic rings. The molecule has 1 aromatic rings. The monoisotopic (exact) mass is 286 g/mol. The van der Waals surface area contributed by atoms with Gasteiger partial charge in [0.15, 0.2) is 6.10 Å². The summed E-state index contributed by atoms with van der Waals surface area (Å²) in [6.07, 6.45) is -0.0896. The summed E-state index contributed by atoms with van der Waals surface area (Å²) in [5.41, 5.74) is 0.980. The third-order valence-corrected chi connectivity index (χ3v) is 2.87. The van der Waals surface area contributed by atoms with Gasteiger partial charge >= 0.3 is 5.97 Å². The Morgan fingerprint density at radius 2 is 2.19 bits per heavy atom. The van der Waals surface area contributed by atoms with Crippen molar-refractivity contribution in [2.24, 2.45) is 0 Å². The lowest BCUT2D eigenvalue weighted by atomic mass is 9.99. The number of carbonyl (C=O) groups excluding carboxylic acids is 1. The molecule has 2 N–H and O–H groups in total. The number of halogens is 1. The summed E-state index contributed by atoms with van der Waals surface area (Å²) in [4.78, 5) is 21.0. The first-order chi connectivity index (χ1) is 7.57. The fourth-order valence-electron chi connectivity index (χ4n) is 1.44. The molecule has 1 rings (SSSR count). The summed E-state index contributed by atoms with van der Waals surface area (Å²) >= 11 is 3.20. The average Bonchev–Trinajstić information content (AvgIpc) is 2.25. The average molecular weight is 287 g/mol. The van der Waals surface area contributed by atoms with E-state index in [1.54, 1.807) is 18.2 Å². The van der Waals surface area contributed by atoms with Crippen LogP contribution in [-0.4, -0.2) is 22.5 Å². The fraction of sp³-hybridized carbons (Fsp3) is 0.273. The Labute approximate surface area is 101 Å². The number of aliphatic hydroxyl groups excluding tert-OH is 1. The molecule has 0 spiro atoms. The molecule has 1 aromatic carbocycles. The molecule has 0 saturated heterocycles. The first kappa shape index (κ1) is 12.9. The molecular formula is C11H11BrO4. The molecule has 0 aliphatic carbocycles. The van der Waals surface area contributed by atoms with Crippen LogP contribution in [-0.2, 0) is 16.0 Å². The van der Waals surface area contributed by atoms with Crippen molar-refractivity contribution in [3.8, 4) is 0 Å². The van der Waals surface area contributed by atoms with Crippen molar-refractivity contribution in [2.45, 2.75) is 18.9 Å². The number of carboxylic acid groups (broad SMARTS) is 1. The Morgan fingerprint density at radius 1 is 1.50 bits per heavy atom. The van der Waals surface area contributed by atoms with Gasteiger partial charge in [-0.05, 0) is 18.1 Å². The first-order valence-corrected chi connectivity index (χ1v) is 5.49. The quantitative estimate of drug-likeness (QED) is 0.808. The summed E-state index contributed by atoms with van der Waals surface area (Å²) < 4.78 is 0.533. The third kappa shape index (κ3) is 2.90. The number of benzene rings is 1. The van der Waals surface area contributed by atoms with Crippen LogP contribution in [0, 0.1) is 0 Å². The van der Waals surface area contributed by atoms with E-state index in [1.165, 1.54) is 0 Å². The van der Waals surface area contributed by atoms with E-state index in [-0.39, 0.29) is 0 Å². The number of aliphatic carboxylic acids is 1. The maximum atomic E-state index is 10.7. The molecule has 0 aromatic heterocycles. The minimum absolute atomic E-state index is 0.301. The van der Waals surface area contributed by atoms with Crippen molar-refractivity contribution < 1.29 is 19.8 Å². The molecule has 4 nitrogen and oxygen atoms in total. The highest BCUT2D eigenvalue weighted by Gasteiger charge is 2.21. The largest absolute Gasteiger partial charge is 0.479 e. The number of aldehydes is 1. The van der Waals surface area contributed by atoms with Crippen LogP contribution in [0.3, 0.4) is 0 Å². The molecule has 0 saturated carbocycles. The van der Waals surface area contributed by atoms with Crippen molar-refractivity contribution in [3.63, 3.8) is 0 Å². The van der Waals surface area contributed by atoms with E-state index in [1.807, 2.05) is 0 Å². The van der Waals surface area contributed by atoms with Crippen molar-refractivity contribution in [3.05, 3.63) is 33.8 Å². The molecule has 16 heavy (non-hydrogen) atoms. The van der Waals surface area contributed by atoms with E-state index < -0.39 is 12.1 Å². The standard InChI is InChI=1S/C11H11BrO4/c12-8-5-1-3-7(4-2-6-13)9(8)10(14)11(15)16/h1,3,5-6,10,14H,2,4H2,(H,15,16). The van der Waals surface area contributed by atoms with E-state index in [9.17, 15) is 14.7 Å². The van der Waals surface area contributed by atoms with Gasteiger partial charge in [-0.15, -0.1) is 0 Å². The summed E-state index contributed by atoms with van der Waals surface area (Å²) in [5.74, 6) is -1.31. The molecule has 0 fully saturated rings. The highest BCUT2D eigenvalue weighted by atomic mass is 79.9. The summed E-state index contributed by atoms with van der Waals surface area (Å²) in [7, 11) is 0. The number of aliphatic hydroxyl groups is 1.